The molecule has 0 saturated heterocycles. The van der Waals surface area contributed by atoms with E-state index in [0.29, 0.717) is 23.6 Å². The Morgan fingerprint density at radius 2 is 1.20 bits per heavy atom. The maximum absolute atomic E-state index is 9.78. The molecular formula is C59H56IrN5O. The first-order valence-corrected chi connectivity index (χ1v) is 21.8. The summed E-state index contributed by atoms with van der Waals surface area (Å²) in [5.41, 5.74) is 4.80. The van der Waals surface area contributed by atoms with E-state index in [0.717, 1.165) is 51.0 Å². The third-order valence-electron chi connectivity index (χ3n) is 11.6. The molecule has 0 radical (unpaired) electrons. The van der Waals surface area contributed by atoms with Crippen LogP contribution in [0.5, 0.6) is 0 Å². The Morgan fingerprint density at radius 3 is 1.74 bits per heavy atom. The Balaban J connectivity index is 0.00000747. The number of furan rings is 1. The van der Waals surface area contributed by atoms with E-state index in [-0.39, 0.29) is 54.0 Å². The zero-order valence-electron chi connectivity index (χ0n) is 47.1. The summed E-state index contributed by atoms with van der Waals surface area (Å²) in [5, 5.41) is 1.06. The first-order chi connectivity index (χ1) is 34.7. The number of hydrogen-bond acceptors (Lipinski definition) is 6. The number of rotatable bonds is 13. The zero-order chi connectivity index (χ0) is 53.2. The molecular weight excluding hydrogens is 987 g/mol. The predicted molar refractivity (Wildman–Crippen MR) is 264 cm³/mol. The summed E-state index contributed by atoms with van der Waals surface area (Å²) in [5.74, 6) is -0.0500. The van der Waals surface area contributed by atoms with E-state index < -0.39 is 53.3 Å². The fourth-order valence-electron chi connectivity index (χ4n) is 8.22. The van der Waals surface area contributed by atoms with Gasteiger partial charge in [-0.05, 0) is 99.1 Å². The van der Waals surface area contributed by atoms with Gasteiger partial charge in [0.2, 0.25) is 5.71 Å². The molecule has 9 aromatic rings. The predicted octanol–water partition coefficient (Wildman–Crippen LogP) is 13.7. The monoisotopic (exact) mass is 1050 g/mol. The normalized spacial score (nSPS) is 15.0. The van der Waals surface area contributed by atoms with Gasteiger partial charge in [-0.3, -0.25) is 0 Å². The standard InChI is InChI=1S/C59H56N5O.Ir/c1-39-28-53(49-21-15-20-48-50-38-63-54(34-57(2,3)4)64-56(50)65-55(48)49)60-35-45(39)23-22-40-29-41(32-58(5,6)46-24-26-51(61-36-46)43-16-11-9-12-17-43)31-42(30-40)33-59(7,8)47-25-27-52(62-37-47)44-18-13-10-14-19-44;/h9-16,18,20,24-31,35-38H,22-23,32-34H2,1-8H3;/q-3;+3/i1D3,22D2,23D2,34D2;. The van der Waals surface area contributed by atoms with Crippen molar-refractivity contribution in [1.82, 2.24) is 24.9 Å². The minimum absolute atomic E-state index is 0. The van der Waals surface area contributed by atoms with Gasteiger partial charge in [0.15, 0.2) is 0 Å². The van der Waals surface area contributed by atoms with Crippen molar-refractivity contribution in [3.8, 4) is 33.8 Å². The molecule has 0 unspecified atom stereocenters. The molecule has 0 fully saturated rings. The van der Waals surface area contributed by atoms with Gasteiger partial charge in [0.1, 0.15) is 5.82 Å². The van der Waals surface area contributed by atoms with Gasteiger partial charge in [-0.15, -0.1) is 90.0 Å². The molecule has 0 bridgehead atoms. The number of aryl methyl sites for hydroxylation is 3. The van der Waals surface area contributed by atoms with E-state index in [2.05, 4.69) is 60.8 Å². The molecule has 5 heterocycles. The van der Waals surface area contributed by atoms with Crippen LogP contribution in [0.3, 0.4) is 0 Å². The van der Waals surface area contributed by atoms with Crippen LogP contribution in [0.25, 0.3) is 55.8 Å². The Bertz CT molecular complexity index is 3390. The van der Waals surface area contributed by atoms with Gasteiger partial charge in [-0.25, -0.2) is 4.98 Å². The van der Waals surface area contributed by atoms with Gasteiger partial charge in [-0.2, -0.15) is 4.98 Å². The summed E-state index contributed by atoms with van der Waals surface area (Å²) in [6, 6.07) is 42.9. The van der Waals surface area contributed by atoms with Crippen LogP contribution in [-0.2, 0) is 62.9 Å². The molecule has 332 valence electrons. The van der Waals surface area contributed by atoms with E-state index in [1.165, 1.54) is 12.3 Å². The average Bonchev–Trinajstić information content (AvgIpc) is 3.74. The van der Waals surface area contributed by atoms with Crippen LogP contribution in [0.2, 0.25) is 0 Å². The van der Waals surface area contributed by atoms with Crippen molar-refractivity contribution in [2.24, 2.45) is 5.41 Å². The van der Waals surface area contributed by atoms with Gasteiger partial charge in [0.05, 0.1) is 5.58 Å². The van der Waals surface area contributed by atoms with Gasteiger partial charge in [0.25, 0.3) is 0 Å². The third kappa shape index (κ3) is 10.4. The minimum Gasteiger partial charge on any atom is -0.486 e. The SMILES string of the molecule is [2H]C([2H])([2H])c1cc(-c2[c-]ccc3c2oc2nc(C([2H])([2H])C(C)(C)C)ncc23)ncc1C([2H])([2H])C([2H])([2H])c1cc(CC(C)(C)c2ccc(-c3[c-]cccc3)nc2)cc(CC(C)(C)c2ccc(-c3[c-]cccc3)nc2)c1.[Ir+3]. The second kappa shape index (κ2) is 19.0. The molecule has 0 aliphatic carbocycles. The Labute approximate surface area is 416 Å². The summed E-state index contributed by atoms with van der Waals surface area (Å²) in [4.78, 5) is 23.0. The summed E-state index contributed by atoms with van der Waals surface area (Å²) in [6.45, 7) is 10.7. The van der Waals surface area contributed by atoms with Crippen LogP contribution < -0.4 is 0 Å². The van der Waals surface area contributed by atoms with Crippen LogP contribution >= 0.6 is 0 Å². The summed E-state index contributed by atoms with van der Waals surface area (Å²) < 4.78 is 88.8. The Hall–Kier alpha value is -6.14. The maximum Gasteiger partial charge on any atom is 3.00 e. The fraction of sp³-hybridized carbons (Fsp3) is 0.271. The molecule has 0 N–H and O–H groups in total. The van der Waals surface area contributed by atoms with Crippen LogP contribution in [0, 0.1) is 30.5 Å². The molecule has 4 aromatic carbocycles. The topological polar surface area (TPSA) is 77.6 Å². The van der Waals surface area contributed by atoms with Crippen molar-refractivity contribution < 1.29 is 36.9 Å². The van der Waals surface area contributed by atoms with Gasteiger partial charge >= 0.3 is 20.1 Å². The quantitative estimate of drug-likeness (QED) is 0.107. The second-order valence-electron chi connectivity index (χ2n) is 18.9. The minimum atomic E-state index is -2.95. The van der Waals surface area contributed by atoms with E-state index >= 15 is 0 Å². The number of benzene rings is 4. The first kappa shape index (κ1) is 36.0. The summed E-state index contributed by atoms with van der Waals surface area (Å²) in [6.07, 6.45) is -0.476. The largest absolute Gasteiger partial charge is 3.00 e. The number of hydrogen-bond donors (Lipinski definition) is 0. The van der Waals surface area contributed by atoms with Crippen molar-refractivity contribution in [2.75, 3.05) is 0 Å². The number of pyridine rings is 3. The summed E-state index contributed by atoms with van der Waals surface area (Å²) in [7, 11) is 0. The van der Waals surface area contributed by atoms with Crippen LogP contribution in [-0.4, -0.2) is 24.9 Å². The molecule has 5 aromatic heterocycles. The van der Waals surface area contributed by atoms with E-state index in [1.807, 2.05) is 91.3 Å². The van der Waals surface area contributed by atoms with Crippen molar-refractivity contribution in [1.29, 1.82) is 0 Å². The molecule has 0 aliphatic heterocycles. The molecule has 66 heavy (non-hydrogen) atoms. The smallest absolute Gasteiger partial charge is 0.486 e. The fourth-order valence-corrected chi connectivity index (χ4v) is 8.22. The second-order valence-corrected chi connectivity index (χ2v) is 18.9. The Morgan fingerprint density at radius 1 is 0.591 bits per heavy atom. The van der Waals surface area contributed by atoms with E-state index in [1.54, 1.807) is 45.0 Å². The molecule has 9 rings (SSSR count). The van der Waals surface area contributed by atoms with Crippen LogP contribution in [0.1, 0.15) is 106 Å². The van der Waals surface area contributed by atoms with Crippen molar-refractivity contribution in [3.63, 3.8) is 0 Å². The number of nitrogens with zero attached hydrogens (tertiary/aromatic N) is 5. The molecule has 0 aliphatic rings. The molecule has 0 spiro atoms. The molecule has 6 nitrogen and oxygen atoms in total. The molecule has 0 saturated carbocycles. The zero-order valence-corrected chi connectivity index (χ0v) is 40.5. The third-order valence-corrected chi connectivity index (χ3v) is 11.6. The summed E-state index contributed by atoms with van der Waals surface area (Å²) >= 11 is 0. The molecule has 0 atom stereocenters. The molecule has 0 amide bonds. The van der Waals surface area contributed by atoms with E-state index in [9.17, 15) is 5.48 Å². The van der Waals surface area contributed by atoms with Crippen molar-refractivity contribution in [3.05, 3.63) is 197 Å². The van der Waals surface area contributed by atoms with Gasteiger partial charge in [-0.1, -0.05) is 114 Å². The maximum atomic E-state index is 9.78. The van der Waals surface area contributed by atoms with Crippen molar-refractivity contribution in [2.45, 2.75) is 98.1 Å². The number of aromatic nitrogens is 5. The van der Waals surface area contributed by atoms with Crippen molar-refractivity contribution >= 4 is 22.1 Å². The Kier molecular flexibility index (Phi) is 10.4. The average molecular weight is 1050 g/mol. The van der Waals surface area contributed by atoms with Gasteiger partial charge < -0.3 is 19.4 Å². The molecule has 7 heteroatoms. The van der Waals surface area contributed by atoms with Crippen LogP contribution in [0.15, 0.2) is 138 Å². The van der Waals surface area contributed by atoms with Gasteiger partial charge in [0, 0.05) is 48.9 Å². The first-order valence-electron chi connectivity index (χ1n) is 26.3. The number of fused-ring (bicyclic) bond motifs is 3. The van der Waals surface area contributed by atoms with E-state index in [4.69, 9.17) is 21.2 Å². The van der Waals surface area contributed by atoms with Crippen LogP contribution in [0.4, 0.5) is 0 Å².